The topological polar surface area (TPSA) is 38.3 Å². The van der Waals surface area contributed by atoms with E-state index < -0.39 is 11.7 Å². The van der Waals surface area contributed by atoms with Crippen molar-refractivity contribution in [2.75, 3.05) is 7.11 Å². The number of hydrogen-bond acceptors (Lipinski definition) is 2. The highest BCUT2D eigenvalue weighted by Gasteiger charge is 2.12. The standard InChI is InChI=1S/C16H15BrFNO2/c1-21-13-5-6-14(15(18)8-13)16(20)19-10-12-4-2-3-11(7-12)9-17/h2-8H,9-10H2,1H3,(H,19,20). The lowest BCUT2D eigenvalue weighted by atomic mass is 10.1. The van der Waals surface area contributed by atoms with Crippen LogP contribution in [0.15, 0.2) is 42.5 Å². The van der Waals surface area contributed by atoms with E-state index in [1.807, 2.05) is 24.3 Å². The molecule has 0 heterocycles. The molecule has 2 rings (SSSR count). The molecule has 2 aromatic carbocycles. The summed E-state index contributed by atoms with van der Waals surface area (Å²) in [5.41, 5.74) is 2.10. The number of alkyl halides is 1. The van der Waals surface area contributed by atoms with Crippen molar-refractivity contribution in [3.05, 3.63) is 65.0 Å². The summed E-state index contributed by atoms with van der Waals surface area (Å²) >= 11 is 3.38. The fraction of sp³-hybridized carbons (Fsp3) is 0.188. The van der Waals surface area contributed by atoms with E-state index in [0.29, 0.717) is 12.3 Å². The number of benzene rings is 2. The van der Waals surface area contributed by atoms with E-state index >= 15 is 0 Å². The molecule has 1 amide bonds. The summed E-state index contributed by atoms with van der Waals surface area (Å²) in [7, 11) is 1.45. The molecule has 1 N–H and O–H groups in total. The average molecular weight is 352 g/mol. The first kappa shape index (κ1) is 15.5. The Morgan fingerprint density at radius 2 is 2.00 bits per heavy atom. The number of nitrogens with one attached hydrogen (secondary N) is 1. The van der Waals surface area contributed by atoms with Crippen molar-refractivity contribution in [1.29, 1.82) is 0 Å². The Morgan fingerprint density at radius 3 is 2.67 bits per heavy atom. The average Bonchev–Trinajstić information content (AvgIpc) is 2.52. The van der Waals surface area contributed by atoms with Crippen LogP contribution in [0.1, 0.15) is 21.5 Å². The molecule has 21 heavy (non-hydrogen) atoms. The van der Waals surface area contributed by atoms with Gasteiger partial charge in [-0.2, -0.15) is 0 Å². The predicted octanol–water partition coefficient (Wildman–Crippen LogP) is 3.66. The number of rotatable bonds is 5. The summed E-state index contributed by atoms with van der Waals surface area (Å²) in [5, 5.41) is 3.46. The van der Waals surface area contributed by atoms with Crippen LogP contribution in [-0.2, 0) is 11.9 Å². The second-order valence-electron chi connectivity index (χ2n) is 4.48. The van der Waals surface area contributed by atoms with Gasteiger partial charge in [-0.25, -0.2) is 4.39 Å². The van der Waals surface area contributed by atoms with Crippen molar-refractivity contribution in [2.45, 2.75) is 11.9 Å². The van der Waals surface area contributed by atoms with Crippen LogP contribution in [0.25, 0.3) is 0 Å². The Bertz CT molecular complexity index is 646. The van der Waals surface area contributed by atoms with E-state index in [1.54, 1.807) is 6.07 Å². The fourth-order valence-corrected chi connectivity index (χ4v) is 2.26. The molecule has 2 aromatic rings. The van der Waals surface area contributed by atoms with Gasteiger partial charge in [0.1, 0.15) is 11.6 Å². The van der Waals surface area contributed by atoms with Gasteiger partial charge in [-0.3, -0.25) is 4.79 Å². The van der Waals surface area contributed by atoms with Crippen LogP contribution in [-0.4, -0.2) is 13.0 Å². The van der Waals surface area contributed by atoms with Crippen molar-refractivity contribution in [3.8, 4) is 5.75 Å². The van der Waals surface area contributed by atoms with Crippen LogP contribution >= 0.6 is 15.9 Å². The molecule has 0 fully saturated rings. The molecule has 0 spiro atoms. The van der Waals surface area contributed by atoms with Gasteiger partial charge in [0.15, 0.2) is 0 Å². The summed E-state index contributed by atoms with van der Waals surface area (Å²) in [4.78, 5) is 12.0. The number of carbonyl (C=O) groups excluding carboxylic acids is 1. The minimum Gasteiger partial charge on any atom is -0.497 e. The van der Waals surface area contributed by atoms with Crippen molar-refractivity contribution >= 4 is 21.8 Å². The highest BCUT2D eigenvalue weighted by molar-refractivity contribution is 9.08. The van der Waals surface area contributed by atoms with Crippen LogP contribution in [0.5, 0.6) is 5.75 Å². The third-order valence-corrected chi connectivity index (χ3v) is 3.67. The Labute approximate surface area is 131 Å². The highest BCUT2D eigenvalue weighted by Crippen LogP contribution is 2.16. The van der Waals surface area contributed by atoms with Crippen LogP contribution in [0.2, 0.25) is 0 Å². The zero-order valence-corrected chi connectivity index (χ0v) is 13.1. The van der Waals surface area contributed by atoms with Crippen LogP contribution < -0.4 is 10.1 Å². The van der Waals surface area contributed by atoms with Gasteiger partial charge in [-0.05, 0) is 23.3 Å². The van der Waals surface area contributed by atoms with Gasteiger partial charge in [0.05, 0.1) is 12.7 Å². The number of halogens is 2. The summed E-state index contributed by atoms with van der Waals surface area (Å²) in [6, 6.07) is 12.0. The lowest BCUT2D eigenvalue weighted by molar-refractivity contribution is 0.0947. The smallest absolute Gasteiger partial charge is 0.254 e. The number of hydrogen-bond donors (Lipinski definition) is 1. The second-order valence-corrected chi connectivity index (χ2v) is 5.04. The van der Waals surface area contributed by atoms with Crippen LogP contribution in [0.4, 0.5) is 4.39 Å². The Morgan fingerprint density at radius 1 is 1.24 bits per heavy atom. The van der Waals surface area contributed by atoms with Gasteiger partial charge in [-0.1, -0.05) is 40.2 Å². The number of carbonyl (C=O) groups is 1. The minimum absolute atomic E-state index is 0.00689. The largest absolute Gasteiger partial charge is 0.497 e. The molecule has 0 radical (unpaired) electrons. The van der Waals surface area contributed by atoms with Crippen LogP contribution in [0.3, 0.4) is 0 Å². The molecule has 0 aliphatic carbocycles. The molecule has 3 nitrogen and oxygen atoms in total. The van der Waals surface area contributed by atoms with Gasteiger partial charge >= 0.3 is 0 Å². The predicted molar refractivity (Wildman–Crippen MR) is 83.2 cm³/mol. The monoisotopic (exact) mass is 351 g/mol. The van der Waals surface area contributed by atoms with E-state index in [2.05, 4.69) is 21.2 Å². The summed E-state index contributed by atoms with van der Waals surface area (Å²) in [6.45, 7) is 0.352. The van der Waals surface area contributed by atoms with Gasteiger partial charge < -0.3 is 10.1 Å². The maximum atomic E-state index is 13.8. The van der Waals surface area contributed by atoms with Gasteiger partial charge in [-0.15, -0.1) is 0 Å². The maximum absolute atomic E-state index is 13.8. The van der Waals surface area contributed by atoms with E-state index in [1.165, 1.54) is 19.2 Å². The minimum atomic E-state index is -0.596. The van der Waals surface area contributed by atoms with E-state index in [-0.39, 0.29) is 5.56 Å². The third kappa shape index (κ3) is 4.04. The normalized spacial score (nSPS) is 10.2. The molecular weight excluding hydrogens is 337 g/mol. The first-order chi connectivity index (χ1) is 10.1. The van der Waals surface area contributed by atoms with E-state index in [4.69, 9.17) is 4.74 Å². The molecule has 0 saturated heterocycles. The molecule has 0 aliphatic heterocycles. The lowest BCUT2D eigenvalue weighted by Crippen LogP contribution is -2.23. The van der Waals surface area contributed by atoms with Gasteiger partial charge in [0.25, 0.3) is 5.91 Å². The molecule has 5 heteroatoms. The van der Waals surface area contributed by atoms with Crippen molar-refractivity contribution < 1.29 is 13.9 Å². The molecule has 0 saturated carbocycles. The van der Waals surface area contributed by atoms with Gasteiger partial charge in [0.2, 0.25) is 0 Å². The number of ether oxygens (including phenoxy) is 1. The molecular formula is C16H15BrFNO2. The second kappa shape index (κ2) is 7.22. The summed E-state index contributed by atoms with van der Waals surface area (Å²) < 4.78 is 18.7. The first-order valence-corrected chi connectivity index (χ1v) is 7.51. The van der Waals surface area contributed by atoms with E-state index in [9.17, 15) is 9.18 Å². The Hall–Kier alpha value is -1.88. The Kier molecular flexibility index (Phi) is 5.33. The summed E-state index contributed by atoms with van der Waals surface area (Å²) in [5.74, 6) is -0.658. The molecule has 0 aromatic heterocycles. The highest BCUT2D eigenvalue weighted by atomic mass is 79.9. The number of methoxy groups -OCH3 is 1. The van der Waals surface area contributed by atoms with Gasteiger partial charge in [0, 0.05) is 17.9 Å². The zero-order valence-electron chi connectivity index (χ0n) is 11.5. The van der Waals surface area contributed by atoms with E-state index in [0.717, 1.165) is 16.5 Å². The quantitative estimate of drug-likeness (QED) is 0.834. The zero-order chi connectivity index (χ0) is 15.2. The maximum Gasteiger partial charge on any atom is 0.254 e. The van der Waals surface area contributed by atoms with Crippen molar-refractivity contribution in [3.63, 3.8) is 0 Å². The molecule has 0 atom stereocenters. The molecule has 0 unspecified atom stereocenters. The lowest BCUT2D eigenvalue weighted by Gasteiger charge is -2.08. The number of amides is 1. The first-order valence-electron chi connectivity index (χ1n) is 6.39. The summed E-state index contributed by atoms with van der Waals surface area (Å²) in [6.07, 6.45) is 0. The van der Waals surface area contributed by atoms with Crippen LogP contribution in [0, 0.1) is 5.82 Å². The molecule has 110 valence electrons. The SMILES string of the molecule is COc1ccc(C(=O)NCc2cccc(CBr)c2)c(F)c1. The Balaban J connectivity index is 2.04. The van der Waals surface area contributed by atoms with Crippen molar-refractivity contribution in [1.82, 2.24) is 5.32 Å². The third-order valence-electron chi connectivity index (χ3n) is 3.02. The fourth-order valence-electron chi connectivity index (χ4n) is 1.91. The van der Waals surface area contributed by atoms with Crippen molar-refractivity contribution in [2.24, 2.45) is 0 Å². The molecule has 0 bridgehead atoms. The molecule has 0 aliphatic rings.